The number of aliphatic hydroxyl groups excluding tert-OH is 1. The molecular formula is C9H15NOS. The van der Waals surface area contributed by atoms with E-state index >= 15 is 0 Å². The summed E-state index contributed by atoms with van der Waals surface area (Å²) in [5.41, 5.74) is 0. The minimum Gasteiger partial charge on any atom is -0.393 e. The van der Waals surface area contributed by atoms with Crippen LogP contribution in [0.25, 0.3) is 0 Å². The Morgan fingerprint density at radius 1 is 1.67 bits per heavy atom. The summed E-state index contributed by atoms with van der Waals surface area (Å²) in [5, 5.41) is 12.5. The van der Waals surface area contributed by atoms with Crippen molar-refractivity contribution >= 4 is 11.3 Å². The second-order valence-corrected chi connectivity index (χ2v) is 4.02. The van der Waals surface area contributed by atoms with E-state index in [1.807, 2.05) is 18.5 Å². The topological polar surface area (TPSA) is 33.1 Å². The predicted octanol–water partition coefficient (Wildman–Crippen LogP) is 2.09. The molecule has 0 aliphatic carbocycles. The van der Waals surface area contributed by atoms with Gasteiger partial charge in [-0.3, -0.25) is 0 Å². The van der Waals surface area contributed by atoms with Crippen molar-refractivity contribution in [1.82, 2.24) is 4.98 Å². The maximum Gasteiger partial charge on any atom is 0.0928 e. The molecule has 1 N–H and O–H groups in total. The van der Waals surface area contributed by atoms with Crippen molar-refractivity contribution in [2.45, 2.75) is 32.8 Å². The fourth-order valence-electron chi connectivity index (χ4n) is 1.23. The molecule has 2 nitrogen and oxygen atoms in total. The van der Waals surface area contributed by atoms with E-state index in [1.165, 1.54) is 0 Å². The van der Waals surface area contributed by atoms with Gasteiger partial charge in [0.05, 0.1) is 11.1 Å². The third kappa shape index (κ3) is 2.57. The smallest absolute Gasteiger partial charge is 0.0928 e. The Morgan fingerprint density at radius 3 is 2.83 bits per heavy atom. The van der Waals surface area contributed by atoms with E-state index in [0.717, 1.165) is 17.8 Å². The zero-order valence-corrected chi connectivity index (χ0v) is 8.34. The van der Waals surface area contributed by atoms with Crippen LogP contribution in [0.4, 0.5) is 0 Å². The van der Waals surface area contributed by atoms with Gasteiger partial charge in [0.25, 0.3) is 0 Å². The highest BCUT2D eigenvalue weighted by atomic mass is 32.1. The van der Waals surface area contributed by atoms with E-state index in [2.05, 4.69) is 11.9 Å². The Labute approximate surface area is 77.3 Å². The van der Waals surface area contributed by atoms with E-state index in [-0.39, 0.29) is 6.10 Å². The Kier molecular flexibility index (Phi) is 3.69. The number of hydrogen-bond acceptors (Lipinski definition) is 3. The van der Waals surface area contributed by atoms with E-state index in [9.17, 15) is 5.11 Å². The molecule has 12 heavy (non-hydrogen) atoms. The molecule has 1 aromatic rings. The number of aliphatic hydroxyl groups is 1. The molecule has 0 aliphatic heterocycles. The van der Waals surface area contributed by atoms with Crippen molar-refractivity contribution < 1.29 is 5.11 Å². The van der Waals surface area contributed by atoms with Gasteiger partial charge < -0.3 is 5.11 Å². The van der Waals surface area contributed by atoms with Gasteiger partial charge in [0.15, 0.2) is 0 Å². The number of thiazole rings is 1. The summed E-state index contributed by atoms with van der Waals surface area (Å²) in [4.78, 5) is 4.19. The molecule has 2 unspecified atom stereocenters. The van der Waals surface area contributed by atoms with Gasteiger partial charge in [-0.15, -0.1) is 11.3 Å². The Balaban J connectivity index is 2.48. The highest BCUT2D eigenvalue weighted by Gasteiger charge is 2.14. The molecule has 1 rings (SSSR count). The molecule has 0 bridgehead atoms. The Bertz CT molecular complexity index is 208. The molecule has 1 aromatic heterocycles. The summed E-state index contributed by atoms with van der Waals surface area (Å²) in [7, 11) is 0. The van der Waals surface area contributed by atoms with Crippen molar-refractivity contribution in [3.8, 4) is 0 Å². The van der Waals surface area contributed by atoms with Crippen molar-refractivity contribution in [1.29, 1.82) is 0 Å². The van der Waals surface area contributed by atoms with E-state index < -0.39 is 0 Å². The van der Waals surface area contributed by atoms with Crippen LogP contribution in [0, 0.1) is 5.92 Å². The van der Waals surface area contributed by atoms with Crippen molar-refractivity contribution in [2.75, 3.05) is 0 Å². The number of hydrogen-bond donors (Lipinski definition) is 1. The van der Waals surface area contributed by atoms with Crippen molar-refractivity contribution in [3.05, 3.63) is 16.6 Å². The first-order valence-corrected chi connectivity index (χ1v) is 5.18. The Hall–Kier alpha value is -0.410. The van der Waals surface area contributed by atoms with Gasteiger partial charge in [-0.1, -0.05) is 13.3 Å². The quantitative estimate of drug-likeness (QED) is 0.779. The summed E-state index contributed by atoms with van der Waals surface area (Å²) in [6, 6.07) is 0. The molecule has 2 atom stereocenters. The molecule has 0 spiro atoms. The maximum absolute atomic E-state index is 9.39. The van der Waals surface area contributed by atoms with Gasteiger partial charge in [-0.25, -0.2) is 4.98 Å². The first-order chi connectivity index (χ1) is 5.74. The van der Waals surface area contributed by atoms with Crippen LogP contribution in [0.5, 0.6) is 0 Å². The maximum atomic E-state index is 9.39. The lowest BCUT2D eigenvalue weighted by atomic mass is 9.97. The molecule has 68 valence electrons. The summed E-state index contributed by atoms with van der Waals surface area (Å²) >= 11 is 1.66. The van der Waals surface area contributed by atoms with Gasteiger partial charge in [-0.05, 0) is 12.8 Å². The number of aromatic nitrogens is 1. The zero-order chi connectivity index (χ0) is 8.97. The van der Waals surface area contributed by atoms with Crippen LogP contribution in [0.1, 0.15) is 25.3 Å². The third-order valence-corrected chi connectivity index (χ3v) is 2.93. The SMILES string of the molecule is CCC(Cc1nccs1)C(C)O. The van der Waals surface area contributed by atoms with Crippen LogP contribution in [-0.2, 0) is 6.42 Å². The minimum atomic E-state index is -0.223. The molecule has 3 heteroatoms. The molecule has 0 aromatic carbocycles. The van der Waals surface area contributed by atoms with Crippen LogP contribution in [-0.4, -0.2) is 16.2 Å². The van der Waals surface area contributed by atoms with Crippen LogP contribution < -0.4 is 0 Å². The highest BCUT2D eigenvalue weighted by molar-refractivity contribution is 7.09. The fraction of sp³-hybridized carbons (Fsp3) is 0.667. The summed E-state index contributed by atoms with van der Waals surface area (Å²) < 4.78 is 0. The molecule has 0 saturated heterocycles. The second kappa shape index (κ2) is 4.58. The third-order valence-electron chi connectivity index (χ3n) is 2.13. The second-order valence-electron chi connectivity index (χ2n) is 3.04. The molecule has 1 heterocycles. The molecule has 0 saturated carbocycles. The van der Waals surface area contributed by atoms with Crippen molar-refractivity contribution in [3.63, 3.8) is 0 Å². The number of nitrogens with zero attached hydrogens (tertiary/aromatic N) is 1. The molecular weight excluding hydrogens is 170 g/mol. The van der Waals surface area contributed by atoms with E-state index in [4.69, 9.17) is 0 Å². The van der Waals surface area contributed by atoms with Crippen LogP contribution in [0.15, 0.2) is 11.6 Å². The fourth-order valence-corrected chi connectivity index (χ4v) is 1.94. The van der Waals surface area contributed by atoms with Crippen LogP contribution in [0.2, 0.25) is 0 Å². The molecule has 0 radical (unpaired) electrons. The summed E-state index contributed by atoms with van der Waals surface area (Å²) in [5.74, 6) is 0.358. The number of rotatable bonds is 4. The van der Waals surface area contributed by atoms with Crippen molar-refractivity contribution in [2.24, 2.45) is 5.92 Å². The molecule has 0 aliphatic rings. The monoisotopic (exact) mass is 185 g/mol. The van der Waals surface area contributed by atoms with Gasteiger partial charge in [0, 0.05) is 18.0 Å². The average molecular weight is 185 g/mol. The molecule has 0 amide bonds. The normalized spacial score (nSPS) is 15.9. The van der Waals surface area contributed by atoms with E-state index in [1.54, 1.807) is 11.3 Å². The summed E-state index contributed by atoms with van der Waals surface area (Å²) in [6.07, 6.45) is 3.51. The van der Waals surface area contributed by atoms with Gasteiger partial charge in [0.2, 0.25) is 0 Å². The zero-order valence-electron chi connectivity index (χ0n) is 7.53. The minimum absolute atomic E-state index is 0.223. The lowest BCUT2D eigenvalue weighted by molar-refractivity contribution is 0.123. The van der Waals surface area contributed by atoms with Gasteiger partial charge in [-0.2, -0.15) is 0 Å². The average Bonchev–Trinajstić information content (AvgIpc) is 2.51. The van der Waals surface area contributed by atoms with Gasteiger partial charge in [0.1, 0.15) is 0 Å². The van der Waals surface area contributed by atoms with E-state index in [0.29, 0.717) is 5.92 Å². The Morgan fingerprint density at radius 2 is 2.42 bits per heavy atom. The van der Waals surface area contributed by atoms with Gasteiger partial charge >= 0.3 is 0 Å². The predicted molar refractivity (Wildman–Crippen MR) is 51.3 cm³/mol. The highest BCUT2D eigenvalue weighted by Crippen LogP contribution is 2.17. The standard InChI is InChI=1S/C9H15NOS/c1-3-8(7(2)11)6-9-10-4-5-12-9/h4-5,7-8,11H,3,6H2,1-2H3. The van der Waals surface area contributed by atoms with Crippen LogP contribution >= 0.6 is 11.3 Å². The lowest BCUT2D eigenvalue weighted by Crippen LogP contribution is -2.18. The first-order valence-electron chi connectivity index (χ1n) is 4.30. The summed E-state index contributed by atoms with van der Waals surface area (Å²) in [6.45, 7) is 3.95. The lowest BCUT2D eigenvalue weighted by Gasteiger charge is -2.15. The largest absolute Gasteiger partial charge is 0.393 e. The first kappa shape index (κ1) is 9.68. The molecule has 0 fully saturated rings. The van der Waals surface area contributed by atoms with Crippen LogP contribution in [0.3, 0.4) is 0 Å².